The van der Waals surface area contributed by atoms with Crippen molar-refractivity contribution < 1.29 is 27.8 Å². The number of rotatable bonds is 4. The molecule has 0 spiro atoms. The summed E-state index contributed by atoms with van der Waals surface area (Å²) in [4.78, 5) is 0. The van der Waals surface area contributed by atoms with Crippen molar-refractivity contribution in [3.63, 3.8) is 0 Å². The van der Waals surface area contributed by atoms with Crippen molar-refractivity contribution in [3.05, 3.63) is 89.8 Å². The van der Waals surface area contributed by atoms with Crippen LogP contribution >= 0.6 is 0 Å². The zero-order chi connectivity index (χ0) is 22.0. The maximum absolute atomic E-state index is 14.8. The lowest BCUT2D eigenvalue weighted by molar-refractivity contribution is -0.198. The van der Waals surface area contributed by atoms with Crippen molar-refractivity contribution in [1.82, 2.24) is 0 Å². The maximum Gasteiger partial charge on any atom is 0.200 e. The van der Waals surface area contributed by atoms with Gasteiger partial charge in [0.2, 0.25) is 5.82 Å². The summed E-state index contributed by atoms with van der Waals surface area (Å²) in [6.45, 7) is 2.86. The van der Waals surface area contributed by atoms with Crippen LogP contribution in [0.15, 0.2) is 66.7 Å². The fourth-order valence-corrected chi connectivity index (χ4v) is 3.58. The predicted octanol–water partition coefficient (Wildman–Crippen LogP) is 6.38. The first-order valence-corrected chi connectivity index (χ1v) is 9.91. The van der Waals surface area contributed by atoms with Crippen molar-refractivity contribution in [2.45, 2.75) is 13.2 Å². The second-order valence-corrected chi connectivity index (χ2v) is 7.36. The number of allylic oxidation sites excluding steroid dienone is 1. The first-order valence-electron chi connectivity index (χ1n) is 9.91. The molecule has 0 saturated carbocycles. The number of halogens is 3. The van der Waals surface area contributed by atoms with Gasteiger partial charge in [-0.2, -0.15) is 4.39 Å². The van der Waals surface area contributed by atoms with Gasteiger partial charge in [-0.3, -0.25) is 0 Å². The largest absolute Gasteiger partial charge is 0.505 e. The molecule has 1 fully saturated rings. The molecule has 1 saturated heterocycles. The molecule has 1 N–H and O–H groups in total. The van der Waals surface area contributed by atoms with Crippen molar-refractivity contribution >= 4 is 0 Å². The monoisotopic (exact) mass is 426 g/mol. The third-order valence-electron chi connectivity index (χ3n) is 5.23. The normalized spacial score (nSPS) is 19.1. The van der Waals surface area contributed by atoms with Crippen LogP contribution in [0.4, 0.5) is 13.2 Å². The van der Waals surface area contributed by atoms with E-state index in [2.05, 4.69) is 0 Å². The van der Waals surface area contributed by atoms with Gasteiger partial charge in [-0.15, -0.1) is 0 Å². The quantitative estimate of drug-likeness (QED) is 0.492. The molecular formula is C25H21F3O3. The molecule has 1 heterocycles. The van der Waals surface area contributed by atoms with E-state index in [0.29, 0.717) is 35.5 Å². The fourth-order valence-electron chi connectivity index (χ4n) is 3.58. The molecule has 1 aliphatic rings. The lowest BCUT2D eigenvalue weighted by Crippen LogP contribution is -2.26. The highest BCUT2D eigenvalue weighted by molar-refractivity contribution is 5.71. The van der Waals surface area contributed by atoms with E-state index in [0.717, 1.165) is 6.07 Å². The van der Waals surface area contributed by atoms with Gasteiger partial charge in [-0.05, 0) is 41.8 Å². The molecule has 3 nitrogen and oxygen atoms in total. The van der Waals surface area contributed by atoms with E-state index >= 15 is 0 Å². The molecule has 3 aromatic rings. The van der Waals surface area contributed by atoms with Crippen LogP contribution in [-0.2, 0) is 9.47 Å². The van der Waals surface area contributed by atoms with Crippen LogP contribution in [0.2, 0.25) is 0 Å². The number of phenolic OH excluding ortho intramolecular Hbond substituents is 1. The highest BCUT2D eigenvalue weighted by atomic mass is 19.2. The number of ether oxygens (including phenoxy) is 2. The smallest absolute Gasteiger partial charge is 0.200 e. The van der Waals surface area contributed by atoms with Gasteiger partial charge < -0.3 is 14.6 Å². The third-order valence-corrected chi connectivity index (χ3v) is 5.23. The molecule has 3 aromatic carbocycles. The topological polar surface area (TPSA) is 38.7 Å². The predicted molar refractivity (Wildman–Crippen MR) is 112 cm³/mol. The molecule has 0 aromatic heterocycles. The van der Waals surface area contributed by atoms with Gasteiger partial charge in [0.15, 0.2) is 17.9 Å². The summed E-state index contributed by atoms with van der Waals surface area (Å²) in [7, 11) is 0. The number of phenols is 1. The molecule has 0 radical (unpaired) electrons. The minimum Gasteiger partial charge on any atom is -0.505 e. The first kappa shape index (κ1) is 21.2. The Morgan fingerprint density at radius 2 is 1.48 bits per heavy atom. The third kappa shape index (κ3) is 4.36. The van der Waals surface area contributed by atoms with Gasteiger partial charge in [0, 0.05) is 17.0 Å². The average Bonchev–Trinajstić information content (AvgIpc) is 2.79. The van der Waals surface area contributed by atoms with Crippen LogP contribution in [0.25, 0.3) is 22.3 Å². The van der Waals surface area contributed by atoms with Crippen LogP contribution in [0.3, 0.4) is 0 Å². The van der Waals surface area contributed by atoms with Gasteiger partial charge >= 0.3 is 0 Å². The Labute approximate surface area is 178 Å². The van der Waals surface area contributed by atoms with Crippen molar-refractivity contribution in [3.8, 4) is 28.0 Å². The van der Waals surface area contributed by atoms with Crippen molar-refractivity contribution in [2.75, 3.05) is 13.2 Å². The van der Waals surface area contributed by atoms with Gasteiger partial charge in [0.05, 0.1) is 13.2 Å². The van der Waals surface area contributed by atoms with Gasteiger partial charge in [0.1, 0.15) is 5.82 Å². The zero-order valence-electron chi connectivity index (χ0n) is 16.8. The van der Waals surface area contributed by atoms with E-state index < -0.39 is 29.5 Å². The van der Waals surface area contributed by atoms with Crippen molar-refractivity contribution in [2.24, 2.45) is 5.92 Å². The number of hydrogen-bond acceptors (Lipinski definition) is 3. The minimum atomic E-state index is -1.29. The zero-order valence-corrected chi connectivity index (χ0v) is 16.8. The lowest BCUT2D eigenvalue weighted by Gasteiger charge is -2.28. The molecule has 1 aliphatic heterocycles. The SMILES string of the molecule is C/C=C/C1COC(c2ccc(-c3ccc(-c4ccc(O)c(F)c4F)cc3)cc2F)OC1. The standard InChI is InChI=1S/C25H21F3O3/c1-2-3-15-13-30-25(31-14-15)20-9-8-18(12-21(20)26)16-4-6-17(7-5-16)19-10-11-22(29)24(28)23(19)27/h2-12,15,25,29H,13-14H2,1H3/b3-2+. The average molecular weight is 426 g/mol. The number of hydrogen-bond donors (Lipinski definition) is 1. The second-order valence-electron chi connectivity index (χ2n) is 7.36. The Hall–Kier alpha value is -3.09. The second kappa shape index (κ2) is 8.96. The molecule has 0 amide bonds. The van der Waals surface area contributed by atoms with Crippen LogP contribution < -0.4 is 0 Å². The Bertz CT molecular complexity index is 1100. The van der Waals surface area contributed by atoms with Crippen LogP contribution in [0.5, 0.6) is 5.75 Å². The molecule has 160 valence electrons. The summed E-state index contributed by atoms with van der Waals surface area (Å²) in [5.41, 5.74) is 2.16. The Morgan fingerprint density at radius 1 is 0.839 bits per heavy atom. The van der Waals surface area contributed by atoms with E-state index in [1.807, 2.05) is 19.1 Å². The molecule has 0 aliphatic carbocycles. The summed E-state index contributed by atoms with van der Waals surface area (Å²) in [6.07, 6.45) is 3.19. The summed E-state index contributed by atoms with van der Waals surface area (Å²) in [5, 5.41) is 9.27. The molecule has 4 rings (SSSR count). The van der Waals surface area contributed by atoms with E-state index in [1.165, 1.54) is 12.1 Å². The molecule has 0 bridgehead atoms. The fraction of sp³-hybridized carbons (Fsp3) is 0.200. The van der Waals surface area contributed by atoms with E-state index in [1.54, 1.807) is 36.4 Å². The van der Waals surface area contributed by atoms with E-state index in [9.17, 15) is 18.3 Å². The summed E-state index contributed by atoms with van der Waals surface area (Å²) < 4.78 is 53.8. The van der Waals surface area contributed by atoms with E-state index in [-0.39, 0.29) is 11.5 Å². The maximum atomic E-state index is 14.8. The Kier molecular flexibility index (Phi) is 6.11. The van der Waals surface area contributed by atoms with Gasteiger partial charge in [-0.1, -0.05) is 48.6 Å². The Balaban J connectivity index is 1.53. The summed E-state index contributed by atoms with van der Waals surface area (Å²) >= 11 is 0. The van der Waals surface area contributed by atoms with Crippen LogP contribution in [-0.4, -0.2) is 18.3 Å². The van der Waals surface area contributed by atoms with E-state index in [4.69, 9.17) is 9.47 Å². The lowest BCUT2D eigenvalue weighted by atomic mass is 9.98. The van der Waals surface area contributed by atoms with Gasteiger partial charge in [0.25, 0.3) is 0 Å². The molecule has 0 atom stereocenters. The van der Waals surface area contributed by atoms with Crippen LogP contribution in [0.1, 0.15) is 18.8 Å². The summed E-state index contributed by atoms with van der Waals surface area (Å²) in [6, 6.07) is 13.8. The molecular weight excluding hydrogens is 405 g/mol. The Morgan fingerprint density at radius 3 is 2.13 bits per heavy atom. The van der Waals surface area contributed by atoms with Crippen molar-refractivity contribution in [1.29, 1.82) is 0 Å². The molecule has 0 unspecified atom stereocenters. The highest BCUT2D eigenvalue weighted by Gasteiger charge is 2.24. The van der Waals surface area contributed by atoms with Crippen LogP contribution in [0, 0.1) is 23.4 Å². The number of aromatic hydroxyl groups is 1. The minimum absolute atomic E-state index is 0.0335. The highest BCUT2D eigenvalue weighted by Crippen LogP contribution is 2.33. The molecule has 6 heteroatoms. The molecule has 31 heavy (non-hydrogen) atoms. The number of benzene rings is 3. The van der Waals surface area contributed by atoms with Gasteiger partial charge in [-0.25, -0.2) is 8.78 Å². The summed E-state index contributed by atoms with van der Waals surface area (Å²) in [5.74, 6) is -3.43. The first-order chi connectivity index (χ1) is 15.0.